The van der Waals surface area contributed by atoms with Crippen LogP contribution in [0.25, 0.3) is 0 Å². The van der Waals surface area contributed by atoms with Crippen molar-refractivity contribution < 1.29 is 9.42 Å². The molecule has 7 nitrogen and oxygen atoms in total. The Morgan fingerprint density at radius 2 is 2.31 bits per heavy atom. The smallest absolute Gasteiger partial charge is 0.280 e. The van der Waals surface area contributed by atoms with Crippen molar-refractivity contribution in [2.24, 2.45) is 0 Å². The minimum atomic E-state index is -0.130. The van der Waals surface area contributed by atoms with Gasteiger partial charge in [-0.3, -0.25) is 4.79 Å². The average Bonchev–Trinajstić information content (AvgIpc) is 2.61. The molecule has 88 valence electrons. The molecule has 1 saturated heterocycles. The van der Waals surface area contributed by atoms with Gasteiger partial charge in [-0.05, 0) is 23.3 Å². The second-order valence-electron chi connectivity index (χ2n) is 3.61. The van der Waals surface area contributed by atoms with E-state index in [4.69, 9.17) is 0 Å². The normalized spacial score (nSPS) is 16.9. The van der Waals surface area contributed by atoms with E-state index in [0.717, 1.165) is 26.1 Å². The van der Waals surface area contributed by atoms with Crippen LogP contribution in [0.15, 0.2) is 4.63 Å². The Kier molecular flexibility index (Phi) is 3.35. The summed E-state index contributed by atoms with van der Waals surface area (Å²) < 4.78 is 4.55. The van der Waals surface area contributed by atoms with Crippen LogP contribution in [0, 0.1) is 0 Å². The third-order valence-electron chi connectivity index (χ3n) is 2.56. The van der Waals surface area contributed by atoms with E-state index < -0.39 is 0 Å². The molecule has 0 bridgehead atoms. The first-order valence-electron chi connectivity index (χ1n) is 5.33. The van der Waals surface area contributed by atoms with Gasteiger partial charge in [0.1, 0.15) is 0 Å². The number of nitrogens with zero attached hydrogens (tertiary/aromatic N) is 3. The summed E-state index contributed by atoms with van der Waals surface area (Å²) in [6.45, 7) is 3.18. The lowest BCUT2D eigenvalue weighted by molar-refractivity contribution is 0.0756. The van der Waals surface area contributed by atoms with Gasteiger partial charge in [0.25, 0.3) is 5.91 Å². The zero-order chi connectivity index (χ0) is 11.4. The Balaban J connectivity index is 2.11. The lowest BCUT2D eigenvalue weighted by Gasteiger charge is -2.18. The summed E-state index contributed by atoms with van der Waals surface area (Å²) in [5, 5.41) is 13.3. The maximum Gasteiger partial charge on any atom is 0.280 e. The number of aromatic nitrogens is 2. The van der Waals surface area contributed by atoms with Crippen molar-refractivity contribution in [3.05, 3.63) is 5.69 Å². The predicted octanol–water partition coefficient (Wildman–Crippen LogP) is -0.453. The topological polar surface area (TPSA) is 83.3 Å². The maximum atomic E-state index is 12.1. The molecular formula is C9H15N5O2. The van der Waals surface area contributed by atoms with Gasteiger partial charge in [-0.1, -0.05) is 0 Å². The first kappa shape index (κ1) is 10.9. The number of anilines is 1. The molecule has 1 amide bonds. The van der Waals surface area contributed by atoms with Gasteiger partial charge >= 0.3 is 0 Å². The van der Waals surface area contributed by atoms with Crippen LogP contribution in [0.5, 0.6) is 0 Å². The zero-order valence-electron chi connectivity index (χ0n) is 9.19. The molecule has 2 rings (SSSR count). The van der Waals surface area contributed by atoms with Crippen molar-refractivity contribution in [3.63, 3.8) is 0 Å². The summed E-state index contributed by atoms with van der Waals surface area (Å²) in [5.74, 6) is 0.261. The fourth-order valence-corrected chi connectivity index (χ4v) is 1.69. The number of hydrogen-bond donors (Lipinski definition) is 2. The molecule has 0 radical (unpaired) electrons. The molecule has 1 aliphatic rings. The van der Waals surface area contributed by atoms with Crippen LogP contribution in [-0.2, 0) is 0 Å². The van der Waals surface area contributed by atoms with E-state index in [0.29, 0.717) is 12.4 Å². The summed E-state index contributed by atoms with van der Waals surface area (Å²) in [6.07, 6.45) is 0.950. The molecule has 1 aromatic rings. The fraction of sp³-hybridized carbons (Fsp3) is 0.667. The quantitative estimate of drug-likeness (QED) is 0.709. The Bertz CT molecular complexity index is 357. The highest BCUT2D eigenvalue weighted by Gasteiger charge is 2.23. The Labute approximate surface area is 93.1 Å². The second-order valence-corrected chi connectivity index (χ2v) is 3.61. The van der Waals surface area contributed by atoms with Crippen molar-refractivity contribution in [2.45, 2.75) is 6.42 Å². The van der Waals surface area contributed by atoms with Gasteiger partial charge < -0.3 is 15.5 Å². The van der Waals surface area contributed by atoms with Crippen molar-refractivity contribution in [3.8, 4) is 0 Å². The van der Waals surface area contributed by atoms with Crippen molar-refractivity contribution in [1.29, 1.82) is 0 Å². The molecule has 0 aliphatic carbocycles. The van der Waals surface area contributed by atoms with E-state index in [1.807, 2.05) is 0 Å². The third kappa shape index (κ3) is 2.13. The molecule has 0 unspecified atom stereocenters. The number of carbonyl (C=O) groups excluding carboxylic acids is 1. The van der Waals surface area contributed by atoms with E-state index in [9.17, 15) is 4.79 Å². The van der Waals surface area contributed by atoms with Gasteiger partial charge in [0.05, 0.1) is 0 Å². The minimum Gasteiger partial charge on any atom is -0.368 e. The predicted molar refractivity (Wildman–Crippen MR) is 57.2 cm³/mol. The van der Waals surface area contributed by atoms with Crippen LogP contribution >= 0.6 is 0 Å². The van der Waals surface area contributed by atoms with E-state index in [-0.39, 0.29) is 11.6 Å². The molecular weight excluding hydrogens is 210 g/mol. The highest BCUT2D eigenvalue weighted by atomic mass is 16.6. The largest absolute Gasteiger partial charge is 0.368 e. The molecule has 1 aliphatic heterocycles. The summed E-state index contributed by atoms with van der Waals surface area (Å²) in [7, 11) is 1.68. The van der Waals surface area contributed by atoms with Crippen LogP contribution in [0.4, 0.5) is 5.82 Å². The number of amides is 1. The summed E-state index contributed by atoms with van der Waals surface area (Å²) in [4.78, 5) is 13.9. The maximum absolute atomic E-state index is 12.1. The zero-order valence-corrected chi connectivity index (χ0v) is 9.19. The minimum absolute atomic E-state index is 0.130. The first-order chi connectivity index (χ1) is 7.83. The van der Waals surface area contributed by atoms with Gasteiger partial charge in [-0.25, -0.2) is 4.63 Å². The summed E-state index contributed by atoms with van der Waals surface area (Å²) in [5.41, 5.74) is 0.254. The van der Waals surface area contributed by atoms with Crippen LogP contribution in [0.3, 0.4) is 0 Å². The van der Waals surface area contributed by atoms with Crippen molar-refractivity contribution >= 4 is 11.7 Å². The van der Waals surface area contributed by atoms with Gasteiger partial charge in [-0.2, -0.15) is 0 Å². The Morgan fingerprint density at radius 3 is 3.12 bits per heavy atom. The van der Waals surface area contributed by atoms with Gasteiger partial charge in [0.15, 0.2) is 0 Å². The molecule has 0 aromatic carbocycles. The molecule has 1 fully saturated rings. The van der Waals surface area contributed by atoms with E-state index in [1.165, 1.54) is 0 Å². The monoisotopic (exact) mass is 225 g/mol. The molecule has 0 spiro atoms. The highest BCUT2D eigenvalue weighted by Crippen LogP contribution is 2.12. The lowest BCUT2D eigenvalue weighted by Crippen LogP contribution is -2.34. The molecule has 16 heavy (non-hydrogen) atoms. The number of rotatable bonds is 2. The van der Waals surface area contributed by atoms with E-state index >= 15 is 0 Å². The summed E-state index contributed by atoms with van der Waals surface area (Å²) in [6, 6.07) is 0. The second kappa shape index (κ2) is 4.93. The van der Waals surface area contributed by atoms with Crippen LogP contribution in [0.2, 0.25) is 0 Å². The molecule has 2 heterocycles. The lowest BCUT2D eigenvalue weighted by atomic mass is 10.3. The van der Waals surface area contributed by atoms with Crippen molar-refractivity contribution in [1.82, 2.24) is 20.5 Å². The van der Waals surface area contributed by atoms with Gasteiger partial charge in [0, 0.05) is 26.7 Å². The molecule has 2 N–H and O–H groups in total. The SMILES string of the molecule is CNc1nonc1C(=O)N1CCCNCC1. The van der Waals surface area contributed by atoms with E-state index in [1.54, 1.807) is 11.9 Å². The standard InChI is InChI=1S/C9H15N5O2/c1-10-8-7(12-16-13-8)9(15)14-5-2-3-11-4-6-14/h11H,2-6H2,1H3,(H,10,13). The molecule has 7 heteroatoms. The van der Waals surface area contributed by atoms with E-state index in [2.05, 4.69) is 25.6 Å². The number of nitrogens with one attached hydrogen (secondary N) is 2. The van der Waals surface area contributed by atoms with Crippen molar-refractivity contribution in [2.75, 3.05) is 38.5 Å². The van der Waals surface area contributed by atoms with Crippen LogP contribution in [0.1, 0.15) is 16.9 Å². The average molecular weight is 225 g/mol. The van der Waals surface area contributed by atoms with Crippen LogP contribution < -0.4 is 10.6 Å². The first-order valence-corrected chi connectivity index (χ1v) is 5.33. The highest BCUT2D eigenvalue weighted by molar-refractivity contribution is 5.96. The number of carbonyl (C=O) groups is 1. The third-order valence-corrected chi connectivity index (χ3v) is 2.56. The summed E-state index contributed by atoms with van der Waals surface area (Å²) >= 11 is 0. The Hall–Kier alpha value is -1.63. The Morgan fingerprint density at radius 1 is 1.44 bits per heavy atom. The van der Waals surface area contributed by atoms with Crippen LogP contribution in [-0.4, -0.2) is 54.3 Å². The fourth-order valence-electron chi connectivity index (χ4n) is 1.69. The van der Waals surface area contributed by atoms with Gasteiger partial charge in [-0.15, -0.1) is 0 Å². The number of hydrogen-bond acceptors (Lipinski definition) is 6. The molecule has 1 aromatic heterocycles. The van der Waals surface area contributed by atoms with Gasteiger partial charge in [0.2, 0.25) is 11.5 Å². The molecule has 0 saturated carbocycles. The molecule has 0 atom stereocenters.